The van der Waals surface area contributed by atoms with E-state index in [1.807, 2.05) is 12.1 Å². The zero-order chi connectivity index (χ0) is 18.6. The first-order valence-corrected chi connectivity index (χ1v) is 8.61. The number of esters is 1. The molecule has 0 saturated carbocycles. The third kappa shape index (κ3) is 5.59. The van der Waals surface area contributed by atoms with Crippen molar-refractivity contribution in [2.45, 2.75) is 65.0 Å². The van der Waals surface area contributed by atoms with Crippen LogP contribution in [-0.4, -0.2) is 29.6 Å². The number of imide groups is 1. The summed E-state index contributed by atoms with van der Waals surface area (Å²) in [5, 5.41) is 4.79. The Balaban J connectivity index is 1.93. The number of urea groups is 1. The van der Waals surface area contributed by atoms with E-state index in [2.05, 4.69) is 10.6 Å². The van der Waals surface area contributed by atoms with E-state index in [0.29, 0.717) is 5.56 Å². The van der Waals surface area contributed by atoms with Crippen molar-refractivity contribution in [3.05, 3.63) is 34.9 Å². The topological polar surface area (TPSA) is 84.5 Å². The molecule has 1 aliphatic carbocycles. The normalized spacial score (nSPS) is 14.9. The molecule has 0 unspecified atom stereocenters. The molecular weight excluding hydrogens is 320 g/mol. The number of carbonyl (C=O) groups excluding carboxylic acids is 3. The maximum atomic E-state index is 12.3. The van der Waals surface area contributed by atoms with Crippen LogP contribution in [0.2, 0.25) is 0 Å². The van der Waals surface area contributed by atoms with Gasteiger partial charge in [-0.2, -0.15) is 0 Å². The van der Waals surface area contributed by atoms with Crippen LogP contribution in [0.5, 0.6) is 0 Å². The fourth-order valence-corrected chi connectivity index (χ4v) is 2.73. The molecule has 0 bridgehead atoms. The van der Waals surface area contributed by atoms with Crippen molar-refractivity contribution in [1.82, 2.24) is 10.6 Å². The van der Waals surface area contributed by atoms with Gasteiger partial charge in [0.2, 0.25) is 0 Å². The van der Waals surface area contributed by atoms with Gasteiger partial charge in [0.05, 0.1) is 5.56 Å². The van der Waals surface area contributed by atoms with Gasteiger partial charge < -0.3 is 10.1 Å². The summed E-state index contributed by atoms with van der Waals surface area (Å²) in [5.41, 5.74) is 2.40. The van der Waals surface area contributed by atoms with E-state index in [1.165, 1.54) is 24.5 Å². The lowest BCUT2D eigenvalue weighted by Gasteiger charge is -2.21. The Bertz CT molecular complexity index is 676. The number of hydrogen-bond donors (Lipinski definition) is 2. The molecule has 6 heteroatoms. The summed E-state index contributed by atoms with van der Waals surface area (Å²) in [6.07, 6.45) is 3.22. The van der Waals surface area contributed by atoms with Crippen LogP contribution in [0.1, 0.15) is 62.0 Å². The van der Waals surface area contributed by atoms with Crippen LogP contribution in [0.4, 0.5) is 4.79 Å². The zero-order valence-electron chi connectivity index (χ0n) is 15.3. The van der Waals surface area contributed by atoms with Gasteiger partial charge in [-0.3, -0.25) is 10.1 Å². The highest BCUT2D eigenvalue weighted by Gasteiger charge is 2.23. The molecule has 0 aromatic heterocycles. The molecule has 1 atom stereocenters. The van der Waals surface area contributed by atoms with Gasteiger partial charge in [-0.05, 0) is 76.6 Å². The molecule has 0 aliphatic heterocycles. The lowest BCUT2D eigenvalue weighted by molar-refractivity contribution is -0.127. The van der Waals surface area contributed by atoms with Crippen molar-refractivity contribution >= 4 is 17.9 Å². The third-order valence-electron chi connectivity index (χ3n) is 3.96. The molecule has 6 nitrogen and oxygen atoms in total. The van der Waals surface area contributed by atoms with Crippen molar-refractivity contribution in [3.8, 4) is 0 Å². The molecule has 0 radical (unpaired) electrons. The number of aryl methyl sites for hydroxylation is 2. The van der Waals surface area contributed by atoms with E-state index in [1.54, 1.807) is 26.8 Å². The lowest BCUT2D eigenvalue weighted by Crippen LogP contribution is -2.50. The van der Waals surface area contributed by atoms with Crippen LogP contribution in [0, 0.1) is 0 Å². The Kier molecular flexibility index (Phi) is 5.82. The number of ether oxygens (including phenoxy) is 1. The average molecular weight is 346 g/mol. The number of hydrogen-bond acceptors (Lipinski definition) is 4. The van der Waals surface area contributed by atoms with Crippen molar-refractivity contribution in [3.63, 3.8) is 0 Å². The summed E-state index contributed by atoms with van der Waals surface area (Å²) < 4.78 is 5.19. The number of nitrogens with one attached hydrogen (secondary N) is 2. The van der Waals surface area contributed by atoms with E-state index in [4.69, 9.17) is 4.74 Å². The summed E-state index contributed by atoms with van der Waals surface area (Å²) >= 11 is 0. The predicted molar refractivity (Wildman–Crippen MR) is 94.4 cm³/mol. The minimum Gasteiger partial charge on any atom is -0.449 e. The number of carbonyl (C=O) groups is 3. The summed E-state index contributed by atoms with van der Waals surface area (Å²) in [7, 11) is 0. The van der Waals surface area contributed by atoms with Crippen LogP contribution in [-0.2, 0) is 22.4 Å². The van der Waals surface area contributed by atoms with Gasteiger partial charge in [0.15, 0.2) is 6.10 Å². The first kappa shape index (κ1) is 19.0. The molecule has 136 valence electrons. The average Bonchev–Trinajstić information content (AvgIpc) is 2.52. The van der Waals surface area contributed by atoms with Crippen molar-refractivity contribution in [1.29, 1.82) is 0 Å². The fraction of sp³-hybridized carbons (Fsp3) is 0.526. The van der Waals surface area contributed by atoms with Crippen LogP contribution in [0.15, 0.2) is 18.2 Å². The third-order valence-corrected chi connectivity index (χ3v) is 3.96. The van der Waals surface area contributed by atoms with Gasteiger partial charge in [-0.15, -0.1) is 0 Å². The molecule has 0 saturated heterocycles. The van der Waals surface area contributed by atoms with E-state index < -0.39 is 29.6 Å². The van der Waals surface area contributed by atoms with Gasteiger partial charge in [0, 0.05) is 5.54 Å². The Morgan fingerprint density at radius 1 is 1.08 bits per heavy atom. The second kappa shape index (κ2) is 7.68. The Labute approximate surface area is 148 Å². The maximum Gasteiger partial charge on any atom is 0.338 e. The summed E-state index contributed by atoms with van der Waals surface area (Å²) in [5.74, 6) is -1.22. The first-order chi connectivity index (χ1) is 11.7. The molecule has 2 rings (SSSR count). The molecule has 1 aromatic carbocycles. The van der Waals surface area contributed by atoms with Crippen LogP contribution in [0.3, 0.4) is 0 Å². The molecule has 1 aliphatic rings. The van der Waals surface area contributed by atoms with Crippen LogP contribution < -0.4 is 10.6 Å². The Morgan fingerprint density at radius 2 is 1.72 bits per heavy atom. The minimum absolute atomic E-state index is 0.430. The number of benzene rings is 1. The van der Waals surface area contributed by atoms with E-state index >= 15 is 0 Å². The van der Waals surface area contributed by atoms with E-state index in [9.17, 15) is 14.4 Å². The molecule has 0 fully saturated rings. The highest BCUT2D eigenvalue weighted by molar-refractivity contribution is 5.98. The number of amides is 3. The van der Waals surface area contributed by atoms with Crippen molar-refractivity contribution in [2.24, 2.45) is 0 Å². The van der Waals surface area contributed by atoms with Crippen molar-refractivity contribution < 1.29 is 19.1 Å². The smallest absolute Gasteiger partial charge is 0.338 e. The molecule has 25 heavy (non-hydrogen) atoms. The van der Waals surface area contributed by atoms with Crippen LogP contribution >= 0.6 is 0 Å². The molecular formula is C19H26N2O4. The molecule has 0 heterocycles. The minimum atomic E-state index is -1.06. The second-order valence-corrected chi connectivity index (χ2v) is 7.43. The predicted octanol–water partition coefficient (Wildman–Crippen LogP) is 2.74. The first-order valence-electron chi connectivity index (χ1n) is 8.61. The van der Waals surface area contributed by atoms with Gasteiger partial charge in [-0.1, -0.05) is 6.07 Å². The largest absolute Gasteiger partial charge is 0.449 e. The maximum absolute atomic E-state index is 12.3. The molecule has 1 aromatic rings. The highest BCUT2D eigenvalue weighted by Crippen LogP contribution is 2.22. The van der Waals surface area contributed by atoms with E-state index in [0.717, 1.165) is 19.3 Å². The standard InChI is InChI=1S/C19H26N2O4/c1-12(16(22)20-18(24)21-19(2,3)4)25-17(23)15-10-9-13-7-5-6-8-14(13)11-15/h9-12H,5-8H2,1-4H3,(H2,20,21,22,24)/t12-/m1/s1. The summed E-state index contributed by atoms with van der Waals surface area (Å²) in [6.45, 7) is 6.85. The lowest BCUT2D eigenvalue weighted by atomic mass is 9.90. The van der Waals surface area contributed by atoms with Gasteiger partial charge >= 0.3 is 12.0 Å². The molecule has 2 N–H and O–H groups in total. The second-order valence-electron chi connectivity index (χ2n) is 7.43. The number of fused-ring (bicyclic) bond motifs is 1. The Morgan fingerprint density at radius 3 is 2.36 bits per heavy atom. The quantitative estimate of drug-likeness (QED) is 0.824. The van der Waals surface area contributed by atoms with E-state index in [-0.39, 0.29) is 0 Å². The monoisotopic (exact) mass is 346 g/mol. The van der Waals surface area contributed by atoms with Gasteiger partial charge in [-0.25, -0.2) is 9.59 Å². The molecule has 0 spiro atoms. The van der Waals surface area contributed by atoms with Crippen LogP contribution in [0.25, 0.3) is 0 Å². The summed E-state index contributed by atoms with van der Waals surface area (Å²) in [4.78, 5) is 36.0. The van der Waals surface area contributed by atoms with Gasteiger partial charge in [0.1, 0.15) is 0 Å². The fourth-order valence-electron chi connectivity index (χ4n) is 2.73. The summed E-state index contributed by atoms with van der Waals surface area (Å²) in [6, 6.07) is 4.90. The SMILES string of the molecule is C[C@@H](OC(=O)c1ccc2c(c1)CCCC2)C(=O)NC(=O)NC(C)(C)C. The zero-order valence-corrected chi connectivity index (χ0v) is 15.3. The Hall–Kier alpha value is -2.37. The molecule has 3 amide bonds. The number of rotatable bonds is 3. The van der Waals surface area contributed by atoms with Gasteiger partial charge in [0.25, 0.3) is 5.91 Å². The highest BCUT2D eigenvalue weighted by atomic mass is 16.5. The van der Waals surface area contributed by atoms with Crippen molar-refractivity contribution in [2.75, 3.05) is 0 Å².